The third kappa shape index (κ3) is 4.53. The van der Waals surface area contributed by atoms with E-state index in [1.807, 2.05) is 51.1 Å². The number of amides is 1. The van der Waals surface area contributed by atoms with E-state index in [9.17, 15) is 9.59 Å². The Morgan fingerprint density at radius 1 is 0.842 bits per heavy atom. The molecular formula is C34H36N2O2. The maximum atomic E-state index is 14.0. The van der Waals surface area contributed by atoms with Gasteiger partial charge in [0.05, 0.1) is 11.6 Å². The molecule has 0 bridgehead atoms. The number of allylic oxidation sites excluding steroid dienone is 7. The minimum absolute atomic E-state index is 0.0776. The smallest absolute Gasteiger partial charge is 0.249 e. The molecule has 4 nitrogen and oxygen atoms in total. The van der Waals surface area contributed by atoms with E-state index < -0.39 is 5.92 Å². The van der Waals surface area contributed by atoms with Crippen molar-refractivity contribution in [2.24, 2.45) is 10.9 Å². The molecule has 1 aliphatic heterocycles. The third-order valence-electron chi connectivity index (χ3n) is 8.18. The number of nitrogens with zero attached hydrogens (tertiary/aromatic N) is 1. The number of aryl methyl sites for hydroxylation is 2. The molecule has 4 heteroatoms. The fourth-order valence-electron chi connectivity index (χ4n) is 6.24. The van der Waals surface area contributed by atoms with Crippen LogP contribution >= 0.6 is 0 Å². The molecule has 38 heavy (non-hydrogen) atoms. The predicted octanol–water partition coefficient (Wildman–Crippen LogP) is 6.83. The number of aliphatic imine (C=N–C) groups is 1. The summed E-state index contributed by atoms with van der Waals surface area (Å²) in [4.78, 5) is 32.1. The van der Waals surface area contributed by atoms with Crippen molar-refractivity contribution in [3.63, 3.8) is 0 Å². The Morgan fingerprint density at radius 2 is 1.45 bits per heavy atom. The number of benzene rings is 2. The Kier molecular flexibility index (Phi) is 6.92. The Bertz CT molecular complexity index is 1460. The largest absolute Gasteiger partial charge is 0.353 e. The van der Waals surface area contributed by atoms with Crippen LogP contribution in [-0.2, 0) is 9.59 Å². The van der Waals surface area contributed by atoms with Crippen LogP contribution in [0.25, 0.3) is 0 Å². The number of carbonyl (C=O) groups excluding carboxylic acids is 2. The van der Waals surface area contributed by atoms with Gasteiger partial charge in [-0.25, -0.2) is 0 Å². The van der Waals surface area contributed by atoms with Crippen molar-refractivity contribution in [2.75, 3.05) is 6.54 Å². The fraction of sp³-hybridized carbons (Fsp3) is 0.324. The van der Waals surface area contributed by atoms with Gasteiger partial charge in [-0.1, -0.05) is 76.9 Å². The van der Waals surface area contributed by atoms with Crippen LogP contribution < -0.4 is 5.32 Å². The fourth-order valence-corrected chi connectivity index (χ4v) is 6.24. The zero-order chi connectivity index (χ0) is 27.1. The number of hydrogen-bond donors (Lipinski definition) is 1. The van der Waals surface area contributed by atoms with Gasteiger partial charge in [-0.3, -0.25) is 14.6 Å². The van der Waals surface area contributed by atoms with Gasteiger partial charge in [0, 0.05) is 41.6 Å². The molecule has 2 aromatic rings. The lowest BCUT2D eigenvalue weighted by molar-refractivity contribution is -0.118. The first kappa shape index (κ1) is 25.8. The summed E-state index contributed by atoms with van der Waals surface area (Å²) in [5.41, 5.74) is 11.3. The van der Waals surface area contributed by atoms with Gasteiger partial charge in [0.1, 0.15) is 0 Å². The summed E-state index contributed by atoms with van der Waals surface area (Å²) in [6, 6.07) is 16.9. The lowest BCUT2D eigenvalue weighted by atomic mass is 9.74. The van der Waals surface area contributed by atoms with E-state index in [1.54, 1.807) is 0 Å². The van der Waals surface area contributed by atoms with Crippen LogP contribution in [0.2, 0.25) is 0 Å². The molecule has 2 aliphatic carbocycles. The number of ketones is 1. The normalized spacial score (nSPS) is 22.8. The second-order valence-corrected chi connectivity index (χ2v) is 10.9. The van der Waals surface area contributed by atoms with Gasteiger partial charge in [-0.05, 0) is 64.3 Å². The Labute approximate surface area is 226 Å². The maximum absolute atomic E-state index is 14.0. The highest BCUT2D eigenvalue weighted by Gasteiger charge is 2.45. The van der Waals surface area contributed by atoms with E-state index >= 15 is 0 Å². The topological polar surface area (TPSA) is 58.5 Å². The molecule has 0 spiro atoms. The molecule has 3 atom stereocenters. The highest BCUT2D eigenvalue weighted by Crippen LogP contribution is 2.46. The highest BCUT2D eigenvalue weighted by molar-refractivity contribution is 6.26. The van der Waals surface area contributed by atoms with Crippen LogP contribution in [-0.4, -0.2) is 23.9 Å². The Hall–Kier alpha value is -3.79. The van der Waals surface area contributed by atoms with Crippen LogP contribution in [0.1, 0.15) is 68.2 Å². The molecule has 1 heterocycles. The standard InChI is InChI=1S/C34H36N2O2/c1-7-35-34(38)30-23(6)36-28-18-27(33(37)32(28)31(30)25-14-10-20(3)11-15-25)17-26-16-21(4)29(22(26)5)24-12-8-19(2)9-13-24/h8-16,18,29,31-32H,7,17H2,1-6H3,(H,35,38). The molecule has 0 saturated carbocycles. The van der Waals surface area contributed by atoms with Crippen LogP contribution in [0.5, 0.6) is 0 Å². The van der Waals surface area contributed by atoms with Crippen molar-refractivity contribution in [3.05, 3.63) is 116 Å². The molecule has 0 fully saturated rings. The van der Waals surface area contributed by atoms with Gasteiger partial charge in [0.25, 0.3) is 0 Å². The molecule has 1 N–H and O–H groups in total. The number of fused-ring (bicyclic) bond motifs is 1. The molecule has 5 rings (SSSR count). The number of rotatable bonds is 6. The first-order chi connectivity index (χ1) is 18.2. The molecular weight excluding hydrogens is 468 g/mol. The minimum atomic E-state index is -0.478. The van der Waals surface area contributed by atoms with Crippen LogP contribution in [0, 0.1) is 19.8 Å². The Morgan fingerprint density at radius 3 is 2.05 bits per heavy atom. The molecule has 1 amide bonds. The van der Waals surface area contributed by atoms with Gasteiger partial charge < -0.3 is 5.32 Å². The summed E-state index contributed by atoms with van der Waals surface area (Å²) in [6.45, 7) is 12.8. The summed E-state index contributed by atoms with van der Waals surface area (Å²) in [5, 5.41) is 2.95. The van der Waals surface area contributed by atoms with Crippen LogP contribution in [0.3, 0.4) is 0 Å². The lowest BCUT2D eigenvalue weighted by Crippen LogP contribution is -2.36. The molecule has 3 unspecified atom stereocenters. The van der Waals surface area contributed by atoms with Crippen molar-refractivity contribution in [1.29, 1.82) is 0 Å². The molecule has 0 aromatic heterocycles. The van der Waals surface area contributed by atoms with Gasteiger partial charge in [-0.2, -0.15) is 0 Å². The minimum Gasteiger partial charge on any atom is -0.353 e. The number of Topliss-reactive ketones (excluding diaryl/α,β-unsaturated/α-hetero) is 1. The highest BCUT2D eigenvalue weighted by atomic mass is 16.2. The number of nitrogens with one attached hydrogen (secondary N) is 1. The van der Waals surface area contributed by atoms with Crippen molar-refractivity contribution < 1.29 is 9.59 Å². The van der Waals surface area contributed by atoms with Crippen molar-refractivity contribution in [3.8, 4) is 0 Å². The first-order valence-corrected chi connectivity index (χ1v) is 13.5. The van der Waals surface area contributed by atoms with E-state index in [0.717, 1.165) is 22.4 Å². The van der Waals surface area contributed by atoms with E-state index in [0.29, 0.717) is 24.2 Å². The summed E-state index contributed by atoms with van der Waals surface area (Å²) in [6.07, 6.45) is 4.81. The number of carbonyl (C=O) groups is 2. The van der Waals surface area contributed by atoms with Crippen LogP contribution in [0.15, 0.2) is 99.2 Å². The number of hydrogen-bond acceptors (Lipinski definition) is 3. The maximum Gasteiger partial charge on any atom is 0.249 e. The molecule has 0 saturated heterocycles. The van der Waals surface area contributed by atoms with Gasteiger partial charge in [0.15, 0.2) is 5.78 Å². The SMILES string of the molecule is CCNC(=O)C1=C(C)N=C2C=C(CC3=C(C)C(c4ccc(C)cc4)C(C)=C3)C(=O)C2C1c1ccc(C)cc1. The predicted molar refractivity (Wildman–Crippen MR) is 154 cm³/mol. The zero-order valence-electron chi connectivity index (χ0n) is 23.2. The van der Waals surface area contributed by atoms with Crippen molar-refractivity contribution in [1.82, 2.24) is 5.32 Å². The quantitative estimate of drug-likeness (QED) is 0.469. The van der Waals surface area contributed by atoms with Gasteiger partial charge in [-0.15, -0.1) is 0 Å². The second kappa shape index (κ2) is 10.2. The van der Waals surface area contributed by atoms with E-state index in [1.165, 1.54) is 27.8 Å². The summed E-state index contributed by atoms with van der Waals surface area (Å²) < 4.78 is 0. The summed E-state index contributed by atoms with van der Waals surface area (Å²) in [5.74, 6) is -0.653. The number of likely N-dealkylation sites (N-methyl/N-ethyl adjacent to an activating group) is 1. The van der Waals surface area contributed by atoms with Crippen molar-refractivity contribution >= 4 is 17.4 Å². The summed E-state index contributed by atoms with van der Waals surface area (Å²) in [7, 11) is 0. The first-order valence-electron chi connectivity index (χ1n) is 13.5. The molecule has 2 aromatic carbocycles. The second-order valence-electron chi connectivity index (χ2n) is 10.9. The zero-order valence-corrected chi connectivity index (χ0v) is 23.2. The third-order valence-corrected chi connectivity index (χ3v) is 8.18. The van der Waals surface area contributed by atoms with E-state index in [2.05, 4.69) is 56.4 Å². The molecule has 3 aliphatic rings. The van der Waals surface area contributed by atoms with Gasteiger partial charge in [0.2, 0.25) is 5.91 Å². The average Bonchev–Trinajstić information content (AvgIpc) is 3.34. The monoisotopic (exact) mass is 504 g/mol. The van der Waals surface area contributed by atoms with E-state index in [-0.39, 0.29) is 23.5 Å². The van der Waals surface area contributed by atoms with E-state index in [4.69, 9.17) is 4.99 Å². The Balaban J connectivity index is 1.50. The lowest BCUT2D eigenvalue weighted by Gasteiger charge is -2.30. The van der Waals surface area contributed by atoms with Crippen molar-refractivity contribution in [2.45, 2.75) is 59.8 Å². The average molecular weight is 505 g/mol. The van der Waals surface area contributed by atoms with Crippen LogP contribution in [0.4, 0.5) is 0 Å². The molecule has 0 radical (unpaired) electrons. The molecule has 194 valence electrons. The van der Waals surface area contributed by atoms with Gasteiger partial charge >= 0.3 is 0 Å². The summed E-state index contributed by atoms with van der Waals surface area (Å²) >= 11 is 0.